The molecule has 2 amide bonds. The summed E-state index contributed by atoms with van der Waals surface area (Å²) in [6, 6.07) is 3.72. The number of carbonyl (C=O) groups excluding carboxylic acids is 2. The summed E-state index contributed by atoms with van der Waals surface area (Å²) in [6.07, 6.45) is 7.11. The molecule has 2 fully saturated rings. The van der Waals surface area contributed by atoms with Crippen LogP contribution in [-0.4, -0.2) is 88.3 Å². The minimum atomic E-state index is -0.0828. The molecule has 0 unspecified atom stereocenters. The first kappa shape index (κ1) is 20.4. The van der Waals surface area contributed by atoms with Gasteiger partial charge in [0, 0.05) is 80.8 Å². The Hall–Kier alpha value is -2.87. The van der Waals surface area contributed by atoms with Gasteiger partial charge in [0.1, 0.15) is 0 Å². The fourth-order valence-corrected chi connectivity index (χ4v) is 4.87. The van der Waals surface area contributed by atoms with Gasteiger partial charge in [-0.05, 0) is 26.2 Å². The molecule has 30 heavy (non-hydrogen) atoms. The highest BCUT2D eigenvalue weighted by Crippen LogP contribution is 2.43. The minimum Gasteiger partial charge on any atom is -0.342 e. The summed E-state index contributed by atoms with van der Waals surface area (Å²) < 4.78 is 0. The van der Waals surface area contributed by atoms with Gasteiger partial charge in [0.2, 0.25) is 5.91 Å². The van der Waals surface area contributed by atoms with E-state index in [9.17, 15) is 9.59 Å². The van der Waals surface area contributed by atoms with E-state index in [0.717, 1.165) is 18.7 Å². The van der Waals surface area contributed by atoms with Crippen molar-refractivity contribution < 1.29 is 9.59 Å². The Morgan fingerprint density at radius 2 is 1.83 bits per heavy atom. The van der Waals surface area contributed by atoms with E-state index in [0.29, 0.717) is 37.4 Å². The van der Waals surface area contributed by atoms with E-state index in [1.807, 2.05) is 43.0 Å². The number of pyridine rings is 1. The molecule has 2 aliphatic heterocycles. The van der Waals surface area contributed by atoms with E-state index < -0.39 is 0 Å². The summed E-state index contributed by atoms with van der Waals surface area (Å²) in [5, 5.41) is 0. The van der Waals surface area contributed by atoms with Crippen LogP contribution in [0, 0.1) is 11.3 Å². The molecule has 2 saturated heterocycles. The first-order valence-electron chi connectivity index (χ1n) is 10.4. The summed E-state index contributed by atoms with van der Waals surface area (Å²) in [6.45, 7) is 5.49. The van der Waals surface area contributed by atoms with Crippen molar-refractivity contribution in [2.24, 2.45) is 11.3 Å². The van der Waals surface area contributed by atoms with Gasteiger partial charge in [-0.25, -0.2) is 9.97 Å². The lowest BCUT2D eigenvalue weighted by Crippen LogP contribution is -2.43. The molecule has 0 spiro atoms. The van der Waals surface area contributed by atoms with Gasteiger partial charge in [0.15, 0.2) is 5.82 Å². The van der Waals surface area contributed by atoms with Crippen LogP contribution in [0.3, 0.4) is 0 Å². The summed E-state index contributed by atoms with van der Waals surface area (Å²) in [5.74, 6) is 0.985. The van der Waals surface area contributed by atoms with Crippen LogP contribution in [0.4, 0.5) is 0 Å². The molecule has 0 bridgehead atoms. The summed E-state index contributed by atoms with van der Waals surface area (Å²) in [7, 11) is 4.09. The molecule has 158 valence electrons. The highest BCUT2D eigenvalue weighted by atomic mass is 16.2. The quantitative estimate of drug-likeness (QED) is 0.744. The van der Waals surface area contributed by atoms with Crippen molar-refractivity contribution in [1.29, 1.82) is 0 Å². The second-order valence-corrected chi connectivity index (χ2v) is 8.65. The third kappa shape index (κ3) is 3.79. The number of rotatable bonds is 5. The summed E-state index contributed by atoms with van der Waals surface area (Å²) in [4.78, 5) is 44.3. The molecular weight excluding hydrogens is 380 g/mol. The Bertz CT molecular complexity index is 917. The Balaban J connectivity index is 1.50. The average Bonchev–Trinajstić information content (AvgIpc) is 3.26. The van der Waals surface area contributed by atoms with Gasteiger partial charge in [-0.3, -0.25) is 14.6 Å². The zero-order chi connectivity index (χ0) is 21.3. The molecule has 0 aliphatic carbocycles. The number of hydrogen-bond donors (Lipinski definition) is 0. The average molecular weight is 409 g/mol. The van der Waals surface area contributed by atoms with Crippen LogP contribution in [-0.2, 0) is 4.79 Å². The Kier molecular flexibility index (Phi) is 5.51. The third-order valence-electron chi connectivity index (χ3n) is 6.15. The highest BCUT2D eigenvalue weighted by molar-refractivity contribution is 5.94. The van der Waals surface area contributed by atoms with E-state index in [-0.39, 0.29) is 23.1 Å². The monoisotopic (exact) mass is 408 g/mol. The molecular formula is C22H28N6O2. The lowest BCUT2D eigenvalue weighted by Gasteiger charge is -2.32. The second-order valence-electron chi connectivity index (χ2n) is 8.65. The van der Waals surface area contributed by atoms with Crippen LogP contribution in [0.2, 0.25) is 0 Å². The molecule has 0 saturated carbocycles. The fourth-order valence-electron chi connectivity index (χ4n) is 4.87. The lowest BCUT2D eigenvalue weighted by atomic mass is 9.80. The number of amides is 2. The van der Waals surface area contributed by atoms with Crippen molar-refractivity contribution in [1.82, 2.24) is 29.7 Å². The van der Waals surface area contributed by atoms with E-state index >= 15 is 0 Å². The molecule has 2 aliphatic rings. The molecule has 0 N–H and O–H groups in total. The molecule has 2 atom stereocenters. The van der Waals surface area contributed by atoms with Gasteiger partial charge in [0.25, 0.3) is 5.91 Å². The number of likely N-dealkylation sites (tertiary alicyclic amines) is 2. The van der Waals surface area contributed by atoms with Crippen molar-refractivity contribution in [3.8, 4) is 11.4 Å². The standard InChI is InChI=1S/C22H28N6O2/c1-4-19(29)27-11-18-12-28(15-22(18,14-27)13-26(2)3)21(30)17-9-24-20(25-10-17)16-6-5-7-23-8-16/h5-10,18H,4,11-15H2,1-3H3/t18-,22+/m1/s1. The summed E-state index contributed by atoms with van der Waals surface area (Å²) in [5.41, 5.74) is 1.22. The summed E-state index contributed by atoms with van der Waals surface area (Å²) >= 11 is 0. The van der Waals surface area contributed by atoms with E-state index in [1.165, 1.54) is 0 Å². The van der Waals surface area contributed by atoms with Crippen LogP contribution < -0.4 is 0 Å². The molecule has 4 rings (SSSR count). The van der Waals surface area contributed by atoms with Crippen LogP contribution in [0.5, 0.6) is 0 Å². The minimum absolute atomic E-state index is 0.0476. The maximum absolute atomic E-state index is 13.2. The van der Waals surface area contributed by atoms with Crippen LogP contribution in [0.15, 0.2) is 36.9 Å². The molecule has 2 aromatic heterocycles. The van der Waals surface area contributed by atoms with E-state index in [2.05, 4.69) is 19.9 Å². The van der Waals surface area contributed by atoms with E-state index in [1.54, 1.807) is 24.8 Å². The predicted octanol–water partition coefficient (Wildman–Crippen LogP) is 1.41. The van der Waals surface area contributed by atoms with Gasteiger partial charge >= 0.3 is 0 Å². The lowest BCUT2D eigenvalue weighted by molar-refractivity contribution is -0.130. The second kappa shape index (κ2) is 8.10. The zero-order valence-corrected chi connectivity index (χ0v) is 17.8. The molecule has 8 nitrogen and oxygen atoms in total. The number of fused-ring (bicyclic) bond motifs is 1. The van der Waals surface area contributed by atoms with Crippen molar-refractivity contribution in [3.05, 3.63) is 42.5 Å². The maximum Gasteiger partial charge on any atom is 0.257 e. The SMILES string of the molecule is CCC(=O)N1C[C@@H]2CN(C(=O)c3cnc(-c4cccnc4)nc3)C[C@]2(CN(C)C)C1. The van der Waals surface area contributed by atoms with Crippen molar-refractivity contribution in [2.75, 3.05) is 46.8 Å². The van der Waals surface area contributed by atoms with E-state index in [4.69, 9.17) is 0 Å². The molecule has 2 aromatic rings. The molecule has 8 heteroatoms. The number of nitrogens with zero attached hydrogens (tertiary/aromatic N) is 6. The maximum atomic E-state index is 13.2. The van der Waals surface area contributed by atoms with Gasteiger partial charge < -0.3 is 14.7 Å². The van der Waals surface area contributed by atoms with Crippen molar-refractivity contribution in [3.63, 3.8) is 0 Å². The predicted molar refractivity (Wildman–Crippen MR) is 113 cm³/mol. The Morgan fingerprint density at radius 1 is 1.13 bits per heavy atom. The van der Waals surface area contributed by atoms with Crippen LogP contribution >= 0.6 is 0 Å². The van der Waals surface area contributed by atoms with Gasteiger partial charge in [-0.15, -0.1) is 0 Å². The normalized spacial score (nSPS) is 23.1. The first-order chi connectivity index (χ1) is 14.4. The fraction of sp³-hybridized carbons (Fsp3) is 0.500. The smallest absolute Gasteiger partial charge is 0.257 e. The number of aromatic nitrogens is 3. The van der Waals surface area contributed by atoms with Gasteiger partial charge in [-0.2, -0.15) is 0 Å². The molecule has 0 aromatic carbocycles. The van der Waals surface area contributed by atoms with Crippen LogP contribution in [0.25, 0.3) is 11.4 Å². The zero-order valence-electron chi connectivity index (χ0n) is 17.8. The van der Waals surface area contributed by atoms with Gasteiger partial charge in [0.05, 0.1) is 5.56 Å². The Labute approximate surface area is 176 Å². The number of carbonyl (C=O) groups is 2. The van der Waals surface area contributed by atoms with Crippen molar-refractivity contribution >= 4 is 11.8 Å². The number of hydrogen-bond acceptors (Lipinski definition) is 6. The van der Waals surface area contributed by atoms with Crippen LogP contribution in [0.1, 0.15) is 23.7 Å². The van der Waals surface area contributed by atoms with Crippen molar-refractivity contribution in [2.45, 2.75) is 13.3 Å². The first-order valence-corrected chi connectivity index (χ1v) is 10.4. The largest absolute Gasteiger partial charge is 0.342 e. The molecule has 0 radical (unpaired) electrons. The topological polar surface area (TPSA) is 82.5 Å². The molecule has 4 heterocycles. The Morgan fingerprint density at radius 3 is 2.47 bits per heavy atom. The third-order valence-corrected chi connectivity index (χ3v) is 6.15. The van der Waals surface area contributed by atoms with Gasteiger partial charge in [-0.1, -0.05) is 6.92 Å². The highest BCUT2D eigenvalue weighted by Gasteiger charge is 2.54.